The van der Waals surface area contributed by atoms with Gasteiger partial charge in [-0.05, 0) is 50.4 Å². The first-order chi connectivity index (χ1) is 14.0. The first kappa shape index (κ1) is 18.9. The van der Waals surface area contributed by atoms with Crippen LogP contribution in [0.3, 0.4) is 0 Å². The summed E-state index contributed by atoms with van der Waals surface area (Å²) in [7, 11) is 4.28. The Hall–Kier alpha value is -2.11. The van der Waals surface area contributed by atoms with Gasteiger partial charge >= 0.3 is 0 Å². The predicted octanol–water partition coefficient (Wildman–Crippen LogP) is 4.96. The van der Waals surface area contributed by atoms with Crippen LogP contribution in [0.15, 0.2) is 53.0 Å². The smallest absolute Gasteiger partial charge is 0.254 e. The number of carbonyl (C=O) groups is 1. The minimum absolute atomic E-state index is 0.0373. The Morgan fingerprint density at radius 3 is 2.38 bits per heavy atom. The molecule has 1 N–H and O–H groups in total. The highest BCUT2D eigenvalue weighted by Gasteiger charge is 2.39. The number of rotatable bonds is 3. The van der Waals surface area contributed by atoms with Crippen LogP contribution in [-0.4, -0.2) is 40.5 Å². The summed E-state index contributed by atoms with van der Waals surface area (Å²) in [5, 5.41) is 4.39. The molecular formula is C24H26BrN3O. The van der Waals surface area contributed by atoms with Crippen molar-refractivity contribution < 1.29 is 4.79 Å². The molecule has 1 amide bonds. The topological polar surface area (TPSA) is 37.3 Å². The number of benzene rings is 2. The summed E-state index contributed by atoms with van der Waals surface area (Å²) >= 11 is 3.70. The lowest BCUT2D eigenvalue weighted by molar-refractivity contribution is 0.0884. The molecular weight excluding hydrogens is 426 g/mol. The van der Waals surface area contributed by atoms with Gasteiger partial charge in [-0.15, -0.1) is 0 Å². The van der Waals surface area contributed by atoms with E-state index in [0.717, 1.165) is 45.0 Å². The first-order valence-electron chi connectivity index (χ1n) is 10.4. The largest absolute Gasteiger partial charge is 0.349 e. The second-order valence-corrected chi connectivity index (χ2v) is 9.33. The van der Waals surface area contributed by atoms with Crippen LogP contribution >= 0.6 is 15.9 Å². The maximum atomic E-state index is 13.6. The normalized spacial score (nSPS) is 24.2. The second kappa shape index (κ2) is 7.29. The highest BCUT2D eigenvalue weighted by Crippen LogP contribution is 2.38. The van der Waals surface area contributed by atoms with Crippen LogP contribution in [0.2, 0.25) is 0 Å². The standard InChI is InChI=1S/C24H26BrN3O/c1-27-17-11-12-18(27)14-16(13-17)26-24(29)22-21-19(25)9-6-10-20(21)28(2)23(22)15-7-4-3-5-8-15/h3-10,16-18H,11-14H2,1-2H3,(H,26,29). The molecule has 0 aliphatic carbocycles. The molecule has 2 bridgehead atoms. The summed E-state index contributed by atoms with van der Waals surface area (Å²) in [5.41, 5.74) is 3.87. The van der Waals surface area contributed by atoms with E-state index in [-0.39, 0.29) is 11.9 Å². The summed E-state index contributed by atoms with van der Waals surface area (Å²) in [5.74, 6) is 0.0373. The molecule has 29 heavy (non-hydrogen) atoms. The van der Waals surface area contributed by atoms with Crippen molar-refractivity contribution in [3.8, 4) is 11.3 Å². The van der Waals surface area contributed by atoms with Crippen molar-refractivity contribution in [1.29, 1.82) is 0 Å². The molecule has 3 aromatic rings. The number of amides is 1. The van der Waals surface area contributed by atoms with Crippen LogP contribution in [0.5, 0.6) is 0 Å². The van der Waals surface area contributed by atoms with Crippen molar-refractivity contribution in [1.82, 2.24) is 14.8 Å². The molecule has 5 rings (SSSR count). The van der Waals surface area contributed by atoms with Crippen molar-refractivity contribution >= 4 is 32.7 Å². The minimum atomic E-state index is 0.0373. The average molecular weight is 452 g/mol. The van der Waals surface area contributed by atoms with E-state index >= 15 is 0 Å². The summed E-state index contributed by atoms with van der Waals surface area (Å²) in [6.45, 7) is 0. The van der Waals surface area contributed by atoms with E-state index in [2.05, 4.69) is 56.0 Å². The monoisotopic (exact) mass is 451 g/mol. The zero-order chi connectivity index (χ0) is 20.1. The van der Waals surface area contributed by atoms with Crippen LogP contribution in [0.1, 0.15) is 36.0 Å². The molecule has 0 spiro atoms. The molecule has 2 fully saturated rings. The van der Waals surface area contributed by atoms with Crippen LogP contribution in [0.4, 0.5) is 0 Å². The molecule has 2 saturated heterocycles. The van der Waals surface area contributed by atoms with Gasteiger partial charge in [0.1, 0.15) is 0 Å². The highest BCUT2D eigenvalue weighted by molar-refractivity contribution is 9.10. The molecule has 2 aliphatic rings. The van der Waals surface area contributed by atoms with E-state index in [1.807, 2.05) is 37.4 Å². The van der Waals surface area contributed by atoms with Crippen molar-refractivity contribution in [3.63, 3.8) is 0 Å². The zero-order valence-electron chi connectivity index (χ0n) is 16.9. The third-order valence-electron chi connectivity index (χ3n) is 6.88. The van der Waals surface area contributed by atoms with Crippen LogP contribution in [-0.2, 0) is 7.05 Å². The Labute approximate surface area is 180 Å². The van der Waals surface area contributed by atoms with Gasteiger partial charge in [0.15, 0.2) is 0 Å². The van der Waals surface area contributed by atoms with Crippen LogP contribution in [0, 0.1) is 0 Å². The molecule has 3 heterocycles. The fraction of sp³-hybridized carbons (Fsp3) is 0.375. The average Bonchev–Trinajstić information content (AvgIpc) is 3.11. The maximum absolute atomic E-state index is 13.6. The Morgan fingerprint density at radius 1 is 1.00 bits per heavy atom. The molecule has 5 heteroatoms. The summed E-state index contributed by atoms with van der Waals surface area (Å²) in [4.78, 5) is 16.1. The number of piperidine rings is 1. The fourth-order valence-electron chi connectivity index (χ4n) is 5.39. The Kier molecular flexibility index (Phi) is 4.75. The molecule has 0 radical (unpaired) electrons. The van der Waals surface area contributed by atoms with E-state index in [4.69, 9.17) is 0 Å². The summed E-state index contributed by atoms with van der Waals surface area (Å²) in [6, 6.07) is 17.8. The quantitative estimate of drug-likeness (QED) is 0.610. The van der Waals surface area contributed by atoms with Gasteiger partial charge in [-0.1, -0.05) is 52.3 Å². The SMILES string of the molecule is CN1C2CCC1CC(NC(=O)c1c(-c3ccccc3)n(C)c3cccc(Br)c13)C2. The Bertz CT molecular complexity index is 1060. The van der Waals surface area contributed by atoms with Crippen molar-refractivity contribution in [2.75, 3.05) is 7.05 Å². The third-order valence-corrected chi connectivity index (χ3v) is 7.54. The Balaban J connectivity index is 1.58. The molecule has 4 nitrogen and oxygen atoms in total. The van der Waals surface area contributed by atoms with Gasteiger partial charge in [-0.2, -0.15) is 0 Å². The van der Waals surface area contributed by atoms with Gasteiger partial charge < -0.3 is 14.8 Å². The van der Waals surface area contributed by atoms with Crippen molar-refractivity contribution in [2.45, 2.75) is 43.8 Å². The number of fused-ring (bicyclic) bond motifs is 3. The first-order valence-corrected chi connectivity index (χ1v) is 11.2. The number of hydrogen-bond donors (Lipinski definition) is 1. The van der Waals surface area contributed by atoms with Gasteiger partial charge in [0.2, 0.25) is 0 Å². The van der Waals surface area contributed by atoms with Gasteiger partial charge in [-0.3, -0.25) is 4.79 Å². The minimum Gasteiger partial charge on any atom is -0.349 e. The van der Waals surface area contributed by atoms with E-state index < -0.39 is 0 Å². The number of nitrogens with one attached hydrogen (secondary N) is 1. The number of aryl methyl sites for hydroxylation is 1. The van der Waals surface area contributed by atoms with Gasteiger partial charge in [0, 0.05) is 35.0 Å². The lowest BCUT2D eigenvalue weighted by Gasteiger charge is -2.36. The fourth-order valence-corrected chi connectivity index (χ4v) is 5.94. The highest BCUT2D eigenvalue weighted by atomic mass is 79.9. The second-order valence-electron chi connectivity index (χ2n) is 8.47. The van der Waals surface area contributed by atoms with Gasteiger partial charge in [-0.25, -0.2) is 0 Å². The summed E-state index contributed by atoms with van der Waals surface area (Å²) in [6.07, 6.45) is 4.60. The zero-order valence-corrected chi connectivity index (χ0v) is 18.4. The van der Waals surface area contributed by atoms with E-state index in [1.54, 1.807) is 0 Å². The molecule has 2 unspecified atom stereocenters. The number of carbonyl (C=O) groups excluding carboxylic acids is 1. The maximum Gasteiger partial charge on any atom is 0.254 e. The number of nitrogens with zero attached hydrogens (tertiary/aromatic N) is 2. The number of halogens is 1. The van der Waals surface area contributed by atoms with Gasteiger partial charge in [0.05, 0.1) is 16.8 Å². The van der Waals surface area contributed by atoms with E-state index in [0.29, 0.717) is 12.1 Å². The van der Waals surface area contributed by atoms with E-state index in [1.165, 1.54) is 12.8 Å². The molecule has 2 atom stereocenters. The summed E-state index contributed by atoms with van der Waals surface area (Å²) < 4.78 is 3.10. The lowest BCUT2D eigenvalue weighted by atomic mass is 9.97. The molecule has 0 saturated carbocycles. The molecule has 1 aromatic heterocycles. The van der Waals surface area contributed by atoms with E-state index in [9.17, 15) is 4.79 Å². The van der Waals surface area contributed by atoms with Crippen molar-refractivity contribution in [3.05, 3.63) is 58.6 Å². The molecule has 2 aliphatic heterocycles. The van der Waals surface area contributed by atoms with Crippen LogP contribution < -0.4 is 5.32 Å². The Morgan fingerprint density at radius 2 is 1.69 bits per heavy atom. The number of aromatic nitrogens is 1. The molecule has 150 valence electrons. The molecule has 2 aromatic carbocycles. The van der Waals surface area contributed by atoms with Crippen molar-refractivity contribution in [2.24, 2.45) is 7.05 Å². The van der Waals surface area contributed by atoms with Crippen LogP contribution in [0.25, 0.3) is 22.2 Å². The lowest BCUT2D eigenvalue weighted by Crippen LogP contribution is -2.48. The third kappa shape index (κ3) is 3.11. The predicted molar refractivity (Wildman–Crippen MR) is 121 cm³/mol. The van der Waals surface area contributed by atoms with Gasteiger partial charge in [0.25, 0.3) is 5.91 Å². The number of hydrogen-bond acceptors (Lipinski definition) is 2.